The van der Waals surface area contributed by atoms with Crippen LogP contribution in [0.3, 0.4) is 0 Å². The highest BCUT2D eigenvalue weighted by Crippen LogP contribution is 2.31. The second-order valence-electron chi connectivity index (χ2n) is 5.88. The molecular formula is C16H20N2O4. The zero-order valence-electron chi connectivity index (χ0n) is 12.7. The fraction of sp³-hybridized carbons (Fsp3) is 0.500. The van der Waals surface area contributed by atoms with Crippen molar-refractivity contribution in [3.8, 4) is 5.75 Å². The molecule has 1 aromatic carbocycles. The number of benzene rings is 1. The normalized spacial score (nSPS) is 24.0. The first kappa shape index (κ1) is 14.7. The van der Waals surface area contributed by atoms with Gasteiger partial charge < -0.3 is 19.3 Å². The number of nitrogens with zero attached hydrogens (tertiary/aromatic N) is 2. The topological polar surface area (TPSA) is 59.1 Å². The molecule has 2 aliphatic heterocycles. The minimum absolute atomic E-state index is 0.0402. The Kier molecular flexibility index (Phi) is 3.92. The molecule has 1 aromatic rings. The van der Waals surface area contributed by atoms with E-state index >= 15 is 0 Å². The van der Waals surface area contributed by atoms with E-state index in [1.807, 2.05) is 30.3 Å². The van der Waals surface area contributed by atoms with Crippen molar-refractivity contribution in [1.29, 1.82) is 0 Å². The SMILES string of the molecule is CN1CC2(CCN(C(=O)CCOc3ccccc3)C2)OC1=O. The van der Waals surface area contributed by atoms with Gasteiger partial charge in [0.15, 0.2) is 5.60 Å². The predicted octanol–water partition coefficient (Wildman–Crippen LogP) is 1.51. The number of hydrogen-bond acceptors (Lipinski definition) is 4. The van der Waals surface area contributed by atoms with Crippen LogP contribution < -0.4 is 4.74 Å². The van der Waals surface area contributed by atoms with Gasteiger partial charge in [0.2, 0.25) is 5.91 Å². The molecule has 2 heterocycles. The molecule has 0 aromatic heterocycles. The molecule has 0 bridgehead atoms. The lowest BCUT2D eigenvalue weighted by Gasteiger charge is -2.21. The zero-order chi connectivity index (χ0) is 15.6. The van der Waals surface area contributed by atoms with Crippen molar-refractivity contribution >= 4 is 12.0 Å². The van der Waals surface area contributed by atoms with Gasteiger partial charge in [-0.25, -0.2) is 4.79 Å². The molecule has 2 amide bonds. The van der Waals surface area contributed by atoms with Gasteiger partial charge in [0.05, 0.1) is 26.1 Å². The van der Waals surface area contributed by atoms with E-state index in [1.165, 1.54) is 0 Å². The Balaban J connectivity index is 1.47. The van der Waals surface area contributed by atoms with Crippen molar-refractivity contribution in [1.82, 2.24) is 9.80 Å². The van der Waals surface area contributed by atoms with Crippen LogP contribution in [0, 0.1) is 0 Å². The van der Waals surface area contributed by atoms with Crippen LogP contribution in [0.1, 0.15) is 12.8 Å². The van der Waals surface area contributed by atoms with Gasteiger partial charge in [-0.1, -0.05) is 18.2 Å². The lowest BCUT2D eigenvalue weighted by Crippen LogP contribution is -2.39. The number of para-hydroxylation sites is 1. The molecule has 3 rings (SSSR count). The van der Waals surface area contributed by atoms with Crippen LogP contribution in [-0.2, 0) is 9.53 Å². The molecule has 2 saturated heterocycles. The number of carbonyl (C=O) groups is 2. The summed E-state index contributed by atoms with van der Waals surface area (Å²) in [6.07, 6.45) is 0.727. The molecule has 22 heavy (non-hydrogen) atoms. The van der Waals surface area contributed by atoms with E-state index in [2.05, 4.69) is 0 Å². The van der Waals surface area contributed by atoms with Crippen LogP contribution in [0.5, 0.6) is 5.75 Å². The molecule has 0 radical (unpaired) electrons. The third-order valence-electron chi connectivity index (χ3n) is 4.14. The van der Waals surface area contributed by atoms with E-state index in [9.17, 15) is 9.59 Å². The Hall–Kier alpha value is -2.24. The number of rotatable bonds is 4. The smallest absolute Gasteiger partial charge is 0.410 e. The summed E-state index contributed by atoms with van der Waals surface area (Å²) < 4.78 is 11.0. The fourth-order valence-corrected chi connectivity index (χ4v) is 2.99. The van der Waals surface area contributed by atoms with E-state index in [1.54, 1.807) is 16.8 Å². The number of ether oxygens (including phenoxy) is 2. The van der Waals surface area contributed by atoms with E-state index < -0.39 is 5.60 Å². The molecule has 6 nitrogen and oxygen atoms in total. The van der Waals surface area contributed by atoms with Gasteiger partial charge in [0.1, 0.15) is 5.75 Å². The van der Waals surface area contributed by atoms with Crippen molar-refractivity contribution in [3.63, 3.8) is 0 Å². The molecular weight excluding hydrogens is 284 g/mol. The first-order chi connectivity index (χ1) is 10.6. The van der Waals surface area contributed by atoms with Crippen molar-refractivity contribution in [2.24, 2.45) is 0 Å². The molecule has 0 N–H and O–H groups in total. The molecule has 2 aliphatic rings. The molecule has 6 heteroatoms. The van der Waals surface area contributed by atoms with Crippen molar-refractivity contribution in [2.75, 3.05) is 33.3 Å². The van der Waals surface area contributed by atoms with E-state index in [0.29, 0.717) is 39.1 Å². The summed E-state index contributed by atoms with van der Waals surface area (Å²) in [5.41, 5.74) is -0.512. The maximum Gasteiger partial charge on any atom is 0.410 e. The first-order valence-electron chi connectivity index (χ1n) is 7.48. The van der Waals surface area contributed by atoms with Gasteiger partial charge in [-0.15, -0.1) is 0 Å². The standard InChI is InChI=1S/C16H20N2O4/c1-17-11-16(22-15(17)20)8-9-18(12-16)14(19)7-10-21-13-5-3-2-4-6-13/h2-6H,7-12H2,1H3. The number of hydrogen-bond donors (Lipinski definition) is 0. The number of likely N-dealkylation sites (N-methyl/N-ethyl adjacent to an activating group) is 1. The Morgan fingerprint density at radius 3 is 2.77 bits per heavy atom. The Labute approximate surface area is 129 Å². The van der Waals surface area contributed by atoms with Gasteiger partial charge in [0.25, 0.3) is 0 Å². The summed E-state index contributed by atoms with van der Waals surface area (Å²) in [4.78, 5) is 27.1. The van der Waals surface area contributed by atoms with E-state index in [0.717, 1.165) is 5.75 Å². The van der Waals surface area contributed by atoms with Crippen LogP contribution in [-0.4, -0.2) is 60.7 Å². The molecule has 0 aliphatic carbocycles. The Morgan fingerprint density at radius 1 is 1.32 bits per heavy atom. The maximum absolute atomic E-state index is 12.2. The highest BCUT2D eigenvalue weighted by Gasteiger charge is 2.49. The van der Waals surface area contributed by atoms with Crippen molar-refractivity contribution in [2.45, 2.75) is 18.4 Å². The third kappa shape index (κ3) is 3.00. The van der Waals surface area contributed by atoms with Crippen LogP contribution in [0.4, 0.5) is 4.79 Å². The third-order valence-corrected chi connectivity index (χ3v) is 4.14. The lowest BCUT2D eigenvalue weighted by molar-refractivity contribution is -0.131. The molecule has 2 fully saturated rings. The summed E-state index contributed by atoms with van der Waals surface area (Å²) in [5, 5.41) is 0. The average Bonchev–Trinajstić information content (AvgIpc) is 3.04. The minimum Gasteiger partial charge on any atom is -0.493 e. The lowest BCUT2D eigenvalue weighted by atomic mass is 10.0. The van der Waals surface area contributed by atoms with Gasteiger partial charge in [-0.3, -0.25) is 4.79 Å². The maximum atomic E-state index is 12.2. The van der Waals surface area contributed by atoms with Gasteiger partial charge in [-0.2, -0.15) is 0 Å². The first-order valence-corrected chi connectivity index (χ1v) is 7.48. The largest absolute Gasteiger partial charge is 0.493 e. The molecule has 1 unspecified atom stereocenters. The molecule has 1 spiro atoms. The summed E-state index contributed by atoms with van der Waals surface area (Å²) in [6.45, 7) is 2.01. The summed E-state index contributed by atoms with van der Waals surface area (Å²) >= 11 is 0. The van der Waals surface area contributed by atoms with Crippen LogP contribution in [0.15, 0.2) is 30.3 Å². The second-order valence-corrected chi connectivity index (χ2v) is 5.88. The van der Waals surface area contributed by atoms with E-state index in [4.69, 9.17) is 9.47 Å². The number of likely N-dealkylation sites (tertiary alicyclic amines) is 1. The van der Waals surface area contributed by atoms with Gasteiger partial charge in [0, 0.05) is 20.0 Å². The summed E-state index contributed by atoms with van der Waals surface area (Å²) in [6, 6.07) is 9.44. The summed E-state index contributed by atoms with van der Waals surface area (Å²) in [5.74, 6) is 0.804. The van der Waals surface area contributed by atoms with Crippen molar-refractivity contribution in [3.05, 3.63) is 30.3 Å². The highest BCUT2D eigenvalue weighted by atomic mass is 16.6. The van der Waals surface area contributed by atoms with Gasteiger partial charge in [-0.05, 0) is 12.1 Å². The van der Waals surface area contributed by atoms with Crippen molar-refractivity contribution < 1.29 is 19.1 Å². The molecule has 118 valence electrons. The Bertz CT molecular complexity index is 563. The quantitative estimate of drug-likeness (QED) is 0.846. The van der Waals surface area contributed by atoms with E-state index in [-0.39, 0.29) is 12.0 Å². The average molecular weight is 304 g/mol. The second kappa shape index (κ2) is 5.87. The van der Waals surface area contributed by atoms with Crippen LogP contribution in [0.2, 0.25) is 0 Å². The van der Waals surface area contributed by atoms with Crippen LogP contribution in [0.25, 0.3) is 0 Å². The van der Waals surface area contributed by atoms with Crippen LogP contribution >= 0.6 is 0 Å². The summed E-state index contributed by atoms with van der Waals surface area (Å²) in [7, 11) is 1.72. The number of carbonyl (C=O) groups excluding carboxylic acids is 2. The minimum atomic E-state index is -0.512. The Morgan fingerprint density at radius 2 is 2.09 bits per heavy atom. The predicted molar refractivity (Wildman–Crippen MR) is 79.6 cm³/mol. The molecule has 1 atom stereocenters. The van der Waals surface area contributed by atoms with Gasteiger partial charge >= 0.3 is 6.09 Å². The highest BCUT2D eigenvalue weighted by molar-refractivity contribution is 5.77. The molecule has 0 saturated carbocycles. The zero-order valence-corrected chi connectivity index (χ0v) is 12.7. The number of amides is 2. The monoisotopic (exact) mass is 304 g/mol. The fourth-order valence-electron chi connectivity index (χ4n) is 2.99.